The monoisotopic (exact) mass is 243 g/mol. The van der Waals surface area contributed by atoms with E-state index in [2.05, 4.69) is 15.8 Å². The van der Waals surface area contributed by atoms with Crippen molar-refractivity contribution in [3.8, 4) is 0 Å². The van der Waals surface area contributed by atoms with E-state index in [-0.39, 0.29) is 5.91 Å². The van der Waals surface area contributed by atoms with Crippen molar-refractivity contribution in [2.45, 2.75) is 13.0 Å². The molecule has 0 unspecified atom stereocenters. The predicted octanol–water partition coefficient (Wildman–Crippen LogP) is 1.57. The fourth-order valence-corrected chi connectivity index (χ4v) is 2.05. The van der Waals surface area contributed by atoms with Gasteiger partial charge < -0.3 is 15.2 Å². The van der Waals surface area contributed by atoms with Crippen LogP contribution < -0.4 is 10.6 Å². The summed E-state index contributed by atoms with van der Waals surface area (Å²) < 4.78 is 4.70. The third-order valence-corrected chi connectivity index (χ3v) is 3.00. The fraction of sp³-hybridized carbons (Fsp3) is 0.231. The molecule has 0 radical (unpaired) electrons. The number of carbonyl (C=O) groups excluding carboxylic acids is 1. The van der Waals surface area contributed by atoms with E-state index in [1.165, 1.54) is 11.8 Å². The first-order valence-electron chi connectivity index (χ1n) is 5.87. The number of aromatic nitrogens is 1. The Morgan fingerprint density at radius 3 is 3.22 bits per heavy atom. The summed E-state index contributed by atoms with van der Waals surface area (Å²) in [5, 5.41) is 9.82. The van der Waals surface area contributed by atoms with Gasteiger partial charge in [0, 0.05) is 23.9 Å². The highest BCUT2D eigenvalue weighted by Crippen LogP contribution is 2.22. The van der Waals surface area contributed by atoms with Gasteiger partial charge in [0.15, 0.2) is 0 Å². The second kappa shape index (κ2) is 4.52. The van der Waals surface area contributed by atoms with E-state index in [4.69, 9.17) is 4.52 Å². The molecule has 92 valence electrons. The smallest absolute Gasteiger partial charge is 0.251 e. The molecule has 0 saturated carbocycles. The minimum atomic E-state index is -0.0901. The number of hydrogen-bond acceptors (Lipinski definition) is 4. The number of benzene rings is 1. The number of nitrogens with zero attached hydrogens (tertiary/aromatic N) is 1. The lowest BCUT2D eigenvalue weighted by molar-refractivity contribution is 0.0950. The van der Waals surface area contributed by atoms with Crippen molar-refractivity contribution in [2.24, 2.45) is 0 Å². The maximum atomic E-state index is 11.9. The van der Waals surface area contributed by atoms with Crippen LogP contribution in [-0.4, -0.2) is 17.6 Å². The Bertz CT molecular complexity index is 564. The van der Waals surface area contributed by atoms with E-state index in [1.807, 2.05) is 18.2 Å². The van der Waals surface area contributed by atoms with E-state index < -0.39 is 0 Å². The summed E-state index contributed by atoms with van der Waals surface area (Å²) in [4.78, 5) is 11.9. The maximum absolute atomic E-state index is 11.9. The summed E-state index contributed by atoms with van der Waals surface area (Å²) in [7, 11) is 0. The van der Waals surface area contributed by atoms with Gasteiger partial charge in [0.1, 0.15) is 12.0 Å². The van der Waals surface area contributed by atoms with Gasteiger partial charge in [-0.2, -0.15) is 0 Å². The van der Waals surface area contributed by atoms with Crippen molar-refractivity contribution in [2.75, 3.05) is 11.9 Å². The molecular weight excluding hydrogens is 230 g/mol. The number of rotatable bonds is 3. The van der Waals surface area contributed by atoms with Gasteiger partial charge in [-0.15, -0.1) is 0 Å². The highest BCUT2D eigenvalue weighted by Gasteiger charge is 2.13. The molecule has 0 atom stereocenters. The summed E-state index contributed by atoms with van der Waals surface area (Å²) in [5.41, 5.74) is 3.72. The van der Waals surface area contributed by atoms with Gasteiger partial charge in [-0.3, -0.25) is 4.79 Å². The first-order chi connectivity index (χ1) is 8.83. The van der Waals surface area contributed by atoms with Crippen LogP contribution in [0.2, 0.25) is 0 Å². The molecule has 1 aromatic heterocycles. The van der Waals surface area contributed by atoms with Gasteiger partial charge in [-0.1, -0.05) is 5.16 Å². The van der Waals surface area contributed by atoms with Crippen molar-refractivity contribution < 1.29 is 9.32 Å². The standard InChI is InChI=1S/C13H13N3O2/c17-13(15-8-11-4-6-18-16-11)10-1-2-12-9(7-10)3-5-14-12/h1-2,4,6-7,14H,3,5,8H2,(H,15,17). The van der Waals surface area contributed by atoms with Gasteiger partial charge in [-0.25, -0.2) is 0 Å². The molecule has 1 aromatic carbocycles. The van der Waals surface area contributed by atoms with Crippen LogP contribution in [0.1, 0.15) is 21.6 Å². The fourth-order valence-electron chi connectivity index (χ4n) is 2.05. The van der Waals surface area contributed by atoms with E-state index >= 15 is 0 Å². The molecule has 5 nitrogen and oxygen atoms in total. The summed E-state index contributed by atoms with van der Waals surface area (Å²) in [6.07, 6.45) is 2.46. The Morgan fingerprint density at radius 2 is 2.39 bits per heavy atom. The zero-order valence-electron chi connectivity index (χ0n) is 9.77. The van der Waals surface area contributed by atoms with Crippen molar-refractivity contribution in [3.05, 3.63) is 47.3 Å². The van der Waals surface area contributed by atoms with Crippen LogP contribution in [0, 0.1) is 0 Å². The summed E-state index contributed by atoms with van der Waals surface area (Å²) in [5.74, 6) is -0.0901. The molecule has 0 fully saturated rings. The largest absolute Gasteiger partial charge is 0.384 e. The number of nitrogens with one attached hydrogen (secondary N) is 2. The van der Waals surface area contributed by atoms with Crippen LogP contribution >= 0.6 is 0 Å². The number of anilines is 1. The Kier molecular flexibility index (Phi) is 2.72. The van der Waals surface area contributed by atoms with Gasteiger partial charge in [-0.05, 0) is 30.2 Å². The van der Waals surface area contributed by atoms with Crippen LogP contribution in [-0.2, 0) is 13.0 Å². The third kappa shape index (κ3) is 2.07. The maximum Gasteiger partial charge on any atom is 0.251 e. The van der Waals surface area contributed by atoms with Gasteiger partial charge in [0.05, 0.1) is 6.54 Å². The molecule has 3 rings (SSSR count). The zero-order valence-corrected chi connectivity index (χ0v) is 9.77. The Balaban J connectivity index is 1.69. The molecule has 2 heterocycles. The molecule has 1 amide bonds. The van der Waals surface area contributed by atoms with Crippen molar-refractivity contribution >= 4 is 11.6 Å². The lowest BCUT2D eigenvalue weighted by atomic mass is 10.1. The third-order valence-electron chi connectivity index (χ3n) is 3.00. The summed E-state index contributed by atoms with van der Waals surface area (Å²) >= 11 is 0. The minimum Gasteiger partial charge on any atom is -0.384 e. The van der Waals surface area contributed by atoms with Crippen LogP contribution in [0.25, 0.3) is 0 Å². The van der Waals surface area contributed by atoms with Gasteiger partial charge in [0.25, 0.3) is 5.91 Å². The molecule has 2 N–H and O–H groups in total. The average molecular weight is 243 g/mol. The van der Waals surface area contributed by atoms with Gasteiger partial charge >= 0.3 is 0 Å². The van der Waals surface area contributed by atoms with E-state index in [0.717, 1.165) is 18.7 Å². The van der Waals surface area contributed by atoms with Crippen LogP contribution in [0.3, 0.4) is 0 Å². The molecule has 0 spiro atoms. The Labute approximate surface area is 104 Å². The minimum absolute atomic E-state index is 0.0901. The molecule has 18 heavy (non-hydrogen) atoms. The average Bonchev–Trinajstić information content (AvgIpc) is 3.05. The second-order valence-corrected chi connectivity index (χ2v) is 4.22. The van der Waals surface area contributed by atoms with Gasteiger partial charge in [0.2, 0.25) is 0 Å². The normalized spacial score (nSPS) is 12.9. The number of carbonyl (C=O) groups is 1. The molecular formula is C13H13N3O2. The molecule has 1 aliphatic heterocycles. The second-order valence-electron chi connectivity index (χ2n) is 4.22. The van der Waals surface area contributed by atoms with Crippen molar-refractivity contribution in [1.29, 1.82) is 0 Å². The molecule has 1 aliphatic rings. The number of amides is 1. The lowest BCUT2D eigenvalue weighted by Gasteiger charge is -2.05. The highest BCUT2D eigenvalue weighted by molar-refractivity contribution is 5.95. The quantitative estimate of drug-likeness (QED) is 0.858. The van der Waals surface area contributed by atoms with Crippen LogP contribution in [0.15, 0.2) is 35.1 Å². The molecule has 0 aliphatic carbocycles. The lowest BCUT2D eigenvalue weighted by Crippen LogP contribution is -2.22. The summed E-state index contributed by atoms with van der Waals surface area (Å²) in [6, 6.07) is 7.45. The Hall–Kier alpha value is -2.30. The van der Waals surface area contributed by atoms with Crippen LogP contribution in [0.4, 0.5) is 5.69 Å². The highest BCUT2D eigenvalue weighted by atomic mass is 16.5. The van der Waals surface area contributed by atoms with Crippen molar-refractivity contribution in [3.63, 3.8) is 0 Å². The molecule has 5 heteroatoms. The molecule has 2 aromatic rings. The molecule has 0 bridgehead atoms. The predicted molar refractivity (Wildman–Crippen MR) is 66.3 cm³/mol. The zero-order chi connectivity index (χ0) is 12.4. The first-order valence-corrected chi connectivity index (χ1v) is 5.87. The first kappa shape index (κ1) is 10.8. The van der Waals surface area contributed by atoms with E-state index in [0.29, 0.717) is 17.8 Å². The SMILES string of the molecule is O=C(NCc1ccon1)c1ccc2c(c1)CCN2. The van der Waals surface area contributed by atoms with Crippen molar-refractivity contribution in [1.82, 2.24) is 10.5 Å². The van der Waals surface area contributed by atoms with Crippen LogP contribution in [0.5, 0.6) is 0 Å². The number of hydrogen-bond donors (Lipinski definition) is 2. The Morgan fingerprint density at radius 1 is 1.44 bits per heavy atom. The van der Waals surface area contributed by atoms with E-state index in [1.54, 1.807) is 6.07 Å². The van der Waals surface area contributed by atoms with E-state index in [9.17, 15) is 4.79 Å². The topological polar surface area (TPSA) is 67.2 Å². The summed E-state index contributed by atoms with van der Waals surface area (Å²) in [6.45, 7) is 1.32. The molecule has 0 saturated heterocycles. The number of fused-ring (bicyclic) bond motifs is 1.